The van der Waals surface area contributed by atoms with Gasteiger partial charge in [-0.1, -0.05) is 25.0 Å². The molecule has 2 fully saturated rings. The smallest absolute Gasteiger partial charge is 0.408 e. The van der Waals surface area contributed by atoms with Crippen LogP contribution in [0.5, 0.6) is 5.75 Å². The van der Waals surface area contributed by atoms with Gasteiger partial charge in [-0.2, -0.15) is 0 Å². The third-order valence-electron chi connectivity index (χ3n) is 6.18. The van der Waals surface area contributed by atoms with Crippen molar-refractivity contribution in [2.24, 2.45) is 0 Å². The molecule has 0 aliphatic heterocycles. The lowest BCUT2D eigenvalue weighted by Gasteiger charge is -2.32. The number of hydrogen-bond donors (Lipinski definition) is 3. The van der Waals surface area contributed by atoms with Gasteiger partial charge in [0.15, 0.2) is 0 Å². The van der Waals surface area contributed by atoms with E-state index in [4.69, 9.17) is 9.47 Å². The average Bonchev–Trinajstić information content (AvgIpc) is 3.40. The van der Waals surface area contributed by atoms with Crippen molar-refractivity contribution >= 4 is 18.0 Å². The van der Waals surface area contributed by atoms with Crippen LogP contribution in [0.2, 0.25) is 0 Å². The SMILES string of the molecule is CC(C)(C)OC(=O)NC1(C(=O)N[C@@H](Cc2ccc(O)cc2)C(=O)OC2CCCC2)CCCC1. The van der Waals surface area contributed by atoms with Crippen LogP contribution in [0.1, 0.15) is 77.7 Å². The van der Waals surface area contributed by atoms with Crippen molar-refractivity contribution in [1.82, 2.24) is 10.6 Å². The number of amides is 2. The molecule has 2 saturated carbocycles. The van der Waals surface area contributed by atoms with E-state index in [9.17, 15) is 19.5 Å². The minimum absolute atomic E-state index is 0.124. The Kier molecular flexibility index (Phi) is 7.87. The van der Waals surface area contributed by atoms with Gasteiger partial charge in [0.1, 0.15) is 29.0 Å². The molecule has 8 heteroatoms. The number of carbonyl (C=O) groups is 3. The second kappa shape index (κ2) is 10.4. The highest BCUT2D eigenvalue weighted by atomic mass is 16.6. The molecule has 1 aromatic rings. The number of aromatic hydroxyl groups is 1. The molecule has 0 saturated heterocycles. The normalized spacial score (nSPS) is 19.0. The number of esters is 1. The van der Waals surface area contributed by atoms with Crippen LogP contribution in [0.15, 0.2) is 24.3 Å². The molecule has 3 rings (SSSR count). The lowest BCUT2D eigenvalue weighted by Crippen LogP contribution is -2.60. The minimum atomic E-state index is -1.12. The number of hydrogen-bond acceptors (Lipinski definition) is 6. The van der Waals surface area contributed by atoms with Gasteiger partial charge in [0, 0.05) is 6.42 Å². The monoisotopic (exact) mass is 460 g/mol. The Hall–Kier alpha value is -2.77. The summed E-state index contributed by atoms with van der Waals surface area (Å²) in [6.07, 6.45) is 5.68. The fraction of sp³-hybridized carbons (Fsp3) is 0.640. The molecule has 0 radical (unpaired) electrons. The predicted molar refractivity (Wildman–Crippen MR) is 123 cm³/mol. The first kappa shape index (κ1) is 24.9. The molecule has 0 bridgehead atoms. The van der Waals surface area contributed by atoms with Crippen LogP contribution >= 0.6 is 0 Å². The van der Waals surface area contributed by atoms with E-state index < -0.39 is 35.2 Å². The van der Waals surface area contributed by atoms with E-state index in [1.807, 2.05) is 0 Å². The Morgan fingerprint density at radius 3 is 2.24 bits per heavy atom. The van der Waals surface area contributed by atoms with Gasteiger partial charge in [-0.05, 0) is 77.0 Å². The summed E-state index contributed by atoms with van der Waals surface area (Å²) < 4.78 is 11.1. The molecule has 0 unspecified atom stereocenters. The van der Waals surface area contributed by atoms with E-state index in [1.54, 1.807) is 45.0 Å². The molecule has 2 aliphatic carbocycles. The molecule has 0 heterocycles. The van der Waals surface area contributed by atoms with Crippen molar-refractivity contribution < 1.29 is 29.0 Å². The fourth-order valence-electron chi connectivity index (χ4n) is 4.50. The lowest BCUT2D eigenvalue weighted by molar-refractivity contribution is -0.153. The van der Waals surface area contributed by atoms with Crippen LogP contribution < -0.4 is 10.6 Å². The Morgan fingerprint density at radius 1 is 1.06 bits per heavy atom. The van der Waals surface area contributed by atoms with E-state index in [0.29, 0.717) is 12.8 Å². The summed E-state index contributed by atoms with van der Waals surface area (Å²) >= 11 is 0. The Bertz CT molecular complexity index is 833. The van der Waals surface area contributed by atoms with Crippen molar-refractivity contribution in [1.29, 1.82) is 0 Å². The predicted octanol–water partition coefficient (Wildman–Crippen LogP) is 3.74. The molecule has 3 N–H and O–H groups in total. The van der Waals surface area contributed by atoms with E-state index in [0.717, 1.165) is 44.1 Å². The van der Waals surface area contributed by atoms with Crippen molar-refractivity contribution in [3.8, 4) is 5.75 Å². The zero-order valence-electron chi connectivity index (χ0n) is 19.8. The molecule has 0 spiro atoms. The third kappa shape index (κ3) is 7.11. The highest BCUT2D eigenvalue weighted by Crippen LogP contribution is 2.31. The van der Waals surface area contributed by atoms with Gasteiger partial charge in [0.05, 0.1) is 0 Å². The number of carbonyl (C=O) groups excluding carboxylic acids is 3. The largest absolute Gasteiger partial charge is 0.508 e. The van der Waals surface area contributed by atoms with Gasteiger partial charge in [0.2, 0.25) is 5.91 Å². The number of nitrogens with one attached hydrogen (secondary N) is 2. The maximum absolute atomic E-state index is 13.4. The second-order valence-corrected chi connectivity index (χ2v) is 10.2. The number of phenolic OH excluding ortho intramolecular Hbond substituents is 1. The maximum Gasteiger partial charge on any atom is 0.408 e. The zero-order chi connectivity index (χ0) is 24.1. The molecule has 1 aromatic carbocycles. The summed E-state index contributed by atoms with van der Waals surface area (Å²) in [4.78, 5) is 38.9. The summed E-state index contributed by atoms with van der Waals surface area (Å²) in [6.45, 7) is 5.29. The average molecular weight is 461 g/mol. The molecule has 33 heavy (non-hydrogen) atoms. The highest BCUT2D eigenvalue weighted by molar-refractivity contribution is 5.93. The first-order chi connectivity index (χ1) is 15.6. The van der Waals surface area contributed by atoms with Gasteiger partial charge in [0.25, 0.3) is 0 Å². The van der Waals surface area contributed by atoms with Crippen LogP contribution in [0, 0.1) is 0 Å². The summed E-state index contributed by atoms with van der Waals surface area (Å²) in [5.41, 5.74) is -1.03. The van der Waals surface area contributed by atoms with Gasteiger partial charge in [-0.15, -0.1) is 0 Å². The summed E-state index contributed by atoms with van der Waals surface area (Å²) in [6, 6.07) is 5.60. The Labute approximate surface area is 195 Å². The zero-order valence-corrected chi connectivity index (χ0v) is 19.8. The van der Waals surface area contributed by atoms with E-state index in [-0.39, 0.29) is 18.3 Å². The first-order valence-electron chi connectivity index (χ1n) is 11.9. The van der Waals surface area contributed by atoms with Crippen LogP contribution in [-0.2, 0) is 25.5 Å². The van der Waals surface area contributed by atoms with Gasteiger partial charge in [-0.3, -0.25) is 4.79 Å². The molecule has 2 aliphatic rings. The number of benzene rings is 1. The summed E-state index contributed by atoms with van der Waals surface area (Å²) in [5, 5.41) is 15.2. The summed E-state index contributed by atoms with van der Waals surface area (Å²) in [7, 11) is 0. The molecular weight excluding hydrogens is 424 g/mol. The minimum Gasteiger partial charge on any atom is -0.508 e. The van der Waals surface area contributed by atoms with Gasteiger partial charge >= 0.3 is 12.1 Å². The lowest BCUT2D eigenvalue weighted by atomic mass is 9.95. The molecule has 182 valence electrons. The Morgan fingerprint density at radius 2 is 1.67 bits per heavy atom. The number of ether oxygens (including phenoxy) is 2. The quantitative estimate of drug-likeness (QED) is 0.534. The standard InChI is InChI=1S/C25H36N2O6/c1-24(2,3)33-23(31)27-25(14-6-7-15-25)22(30)26-20(16-17-10-12-18(28)13-11-17)21(29)32-19-8-4-5-9-19/h10-13,19-20,28H,4-9,14-16H2,1-3H3,(H,26,30)(H,27,31)/t20-/m0/s1. The highest BCUT2D eigenvalue weighted by Gasteiger charge is 2.45. The van der Waals surface area contributed by atoms with Crippen LogP contribution in [0.4, 0.5) is 4.79 Å². The van der Waals surface area contributed by atoms with E-state index >= 15 is 0 Å². The molecule has 8 nitrogen and oxygen atoms in total. The molecule has 2 amide bonds. The maximum atomic E-state index is 13.4. The van der Waals surface area contributed by atoms with Crippen LogP contribution in [-0.4, -0.2) is 46.4 Å². The van der Waals surface area contributed by atoms with Crippen molar-refractivity contribution in [3.63, 3.8) is 0 Å². The van der Waals surface area contributed by atoms with Crippen LogP contribution in [0.3, 0.4) is 0 Å². The van der Waals surface area contributed by atoms with Crippen molar-refractivity contribution in [2.75, 3.05) is 0 Å². The fourth-order valence-corrected chi connectivity index (χ4v) is 4.50. The summed E-state index contributed by atoms with van der Waals surface area (Å²) in [5.74, 6) is -0.758. The van der Waals surface area contributed by atoms with Crippen molar-refractivity contribution in [2.45, 2.75) is 102 Å². The van der Waals surface area contributed by atoms with Gasteiger partial charge in [-0.25, -0.2) is 9.59 Å². The molecule has 1 atom stereocenters. The topological polar surface area (TPSA) is 114 Å². The first-order valence-corrected chi connectivity index (χ1v) is 11.9. The molecular formula is C25H36N2O6. The Balaban J connectivity index is 1.75. The third-order valence-corrected chi connectivity index (χ3v) is 6.18. The van der Waals surface area contributed by atoms with E-state index in [2.05, 4.69) is 10.6 Å². The number of rotatable bonds is 7. The second-order valence-electron chi connectivity index (χ2n) is 10.2. The van der Waals surface area contributed by atoms with Crippen LogP contribution in [0.25, 0.3) is 0 Å². The van der Waals surface area contributed by atoms with Gasteiger partial charge < -0.3 is 25.2 Å². The number of alkyl carbamates (subject to hydrolysis) is 1. The number of phenols is 1. The van der Waals surface area contributed by atoms with E-state index in [1.165, 1.54) is 0 Å². The van der Waals surface area contributed by atoms with Crippen molar-refractivity contribution in [3.05, 3.63) is 29.8 Å². The molecule has 0 aromatic heterocycles.